The minimum absolute atomic E-state index is 0.0105. The Morgan fingerprint density at radius 1 is 0.418 bits per heavy atom. The SMILES string of the molecule is CCCCCCCCCCC/C=C/C(O)C(CO)NC(=O)CCCCCCCCCCC/C=C\C/C=C\CCCCCCCCCCCOC(=O)CCCCCCCCCCCCCCCC. The average Bonchev–Trinajstić information content (AvgIpc) is 3.33. The van der Waals surface area contributed by atoms with Crippen molar-refractivity contribution in [3.63, 3.8) is 0 Å². The number of ether oxygens (including phenoxy) is 1. The summed E-state index contributed by atoms with van der Waals surface area (Å²) in [5.41, 5.74) is 0. The number of carbonyl (C=O) groups is 2. The Labute approximate surface area is 417 Å². The van der Waals surface area contributed by atoms with E-state index >= 15 is 0 Å². The van der Waals surface area contributed by atoms with Gasteiger partial charge in [0.2, 0.25) is 5.91 Å². The molecular weight excluding hydrogens is 827 g/mol. The van der Waals surface area contributed by atoms with Crippen LogP contribution in [0, 0.1) is 0 Å². The molecule has 3 N–H and O–H groups in total. The van der Waals surface area contributed by atoms with Crippen molar-refractivity contribution < 1.29 is 24.5 Å². The first-order valence-corrected chi connectivity index (χ1v) is 29.8. The first-order valence-electron chi connectivity index (χ1n) is 29.8. The van der Waals surface area contributed by atoms with Gasteiger partial charge in [0.15, 0.2) is 0 Å². The fourth-order valence-electron chi connectivity index (χ4n) is 9.08. The van der Waals surface area contributed by atoms with Crippen LogP contribution in [-0.2, 0) is 14.3 Å². The molecule has 2 unspecified atom stereocenters. The molecule has 394 valence electrons. The molecule has 0 aliphatic carbocycles. The Hall–Kier alpha value is -1.92. The van der Waals surface area contributed by atoms with E-state index in [1.165, 1.54) is 244 Å². The summed E-state index contributed by atoms with van der Waals surface area (Å²) in [6.07, 6.45) is 70.4. The molecular formula is C61H115NO5. The second-order valence-electron chi connectivity index (χ2n) is 20.3. The number of unbranched alkanes of at least 4 members (excludes halogenated alkanes) is 40. The number of hydrogen-bond donors (Lipinski definition) is 3. The number of allylic oxidation sites excluding steroid dienone is 5. The highest BCUT2D eigenvalue weighted by Crippen LogP contribution is 2.16. The molecule has 2 atom stereocenters. The zero-order valence-electron chi connectivity index (χ0n) is 44.9. The lowest BCUT2D eigenvalue weighted by atomic mass is 10.0. The largest absolute Gasteiger partial charge is 0.466 e. The van der Waals surface area contributed by atoms with Crippen LogP contribution >= 0.6 is 0 Å². The minimum Gasteiger partial charge on any atom is -0.466 e. The molecule has 0 aromatic heterocycles. The van der Waals surface area contributed by atoms with E-state index in [1.807, 2.05) is 6.08 Å². The number of rotatable bonds is 55. The van der Waals surface area contributed by atoms with Crippen molar-refractivity contribution in [1.82, 2.24) is 5.32 Å². The summed E-state index contributed by atoms with van der Waals surface area (Å²) in [5, 5.41) is 23.0. The van der Waals surface area contributed by atoms with Gasteiger partial charge < -0.3 is 20.3 Å². The molecule has 0 radical (unpaired) electrons. The van der Waals surface area contributed by atoms with E-state index in [-0.39, 0.29) is 18.5 Å². The molecule has 0 aromatic rings. The van der Waals surface area contributed by atoms with Crippen molar-refractivity contribution in [1.29, 1.82) is 0 Å². The fourth-order valence-corrected chi connectivity index (χ4v) is 9.08. The first-order chi connectivity index (χ1) is 33.0. The van der Waals surface area contributed by atoms with Crippen molar-refractivity contribution in [3.05, 3.63) is 36.5 Å². The van der Waals surface area contributed by atoms with E-state index in [2.05, 4.69) is 43.5 Å². The van der Waals surface area contributed by atoms with Crippen LogP contribution in [0.4, 0.5) is 0 Å². The zero-order valence-corrected chi connectivity index (χ0v) is 44.9. The van der Waals surface area contributed by atoms with Gasteiger partial charge in [-0.05, 0) is 64.2 Å². The molecule has 0 bridgehead atoms. The first kappa shape index (κ1) is 65.1. The molecule has 6 heteroatoms. The molecule has 0 aliphatic heterocycles. The lowest BCUT2D eigenvalue weighted by Gasteiger charge is -2.20. The Morgan fingerprint density at radius 2 is 0.746 bits per heavy atom. The summed E-state index contributed by atoms with van der Waals surface area (Å²) in [5.74, 6) is -0.0647. The van der Waals surface area contributed by atoms with Gasteiger partial charge in [-0.3, -0.25) is 9.59 Å². The fraction of sp³-hybridized carbons (Fsp3) is 0.869. The van der Waals surface area contributed by atoms with Crippen LogP contribution in [0.2, 0.25) is 0 Å². The quantitative estimate of drug-likeness (QED) is 0.0321. The van der Waals surface area contributed by atoms with E-state index in [0.717, 1.165) is 44.9 Å². The Morgan fingerprint density at radius 3 is 1.13 bits per heavy atom. The third kappa shape index (κ3) is 53.3. The number of carbonyl (C=O) groups excluding carboxylic acids is 2. The van der Waals surface area contributed by atoms with E-state index in [1.54, 1.807) is 6.08 Å². The normalized spacial score (nSPS) is 12.8. The number of hydrogen-bond acceptors (Lipinski definition) is 5. The smallest absolute Gasteiger partial charge is 0.305 e. The van der Waals surface area contributed by atoms with Gasteiger partial charge in [0.25, 0.3) is 0 Å². The van der Waals surface area contributed by atoms with Crippen LogP contribution in [0.3, 0.4) is 0 Å². The molecule has 0 saturated carbocycles. The molecule has 0 saturated heterocycles. The van der Waals surface area contributed by atoms with Gasteiger partial charge in [0.05, 0.1) is 25.4 Å². The Bertz CT molecular complexity index is 1090. The molecule has 0 spiro atoms. The number of nitrogens with one attached hydrogen (secondary N) is 1. The second-order valence-corrected chi connectivity index (χ2v) is 20.3. The third-order valence-electron chi connectivity index (χ3n) is 13.7. The minimum atomic E-state index is -0.847. The molecule has 0 aliphatic rings. The van der Waals surface area contributed by atoms with Gasteiger partial charge in [-0.2, -0.15) is 0 Å². The number of aliphatic hydroxyl groups excluding tert-OH is 2. The van der Waals surface area contributed by atoms with E-state index in [4.69, 9.17) is 4.74 Å². The van der Waals surface area contributed by atoms with Crippen molar-refractivity contribution in [2.45, 2.75) is 328 Å². The second kappa shape index (κ2) is 56.7. The maximum Gasteiger partial charge on any atom is 0.305 e. The van der Waals surface area contributed by atoms with Gasteiger partial charge in [-0.1, -0.05) is 275 Å². The van der Waals surface area contributed by atoms with Crippen molar-refractivity contribution >= 4 is 11.9 Å². The molecule has 0 fully saturated rings. The zero-order chi connectivity index (χ0) is 48.6. The summed E-state index contributed by atoms with van der Waals surface area (Å²) in [6, 6.07) is -0.631. The summed E-state index contributed by atoms with van der Waals surface area (Å²) >= 11 is 0. The van der Waals surface area contributed by atoms with Crippen LogP contribution in [0.15, 0.2) is 36.5 Å². The van der Waals surface area contributed by atoms with Gasteiger partial charge in [0.1, 0.15) is 0 Å². The number of esters is 1. The highest BCUT2D eigenvalue weighted by Gasteiger charge is 2.18. The van der Waals surface area contributed by atoms with Crippen molar-refractivity contribution in [3.8, 4) is 0 Å². The van der Waals surface area contributed by atoms with Crippen LogP contribution < -0.4 is 5.32 Å². The van der Waals surface area contributed by atoms with Crippen molar-refractivity contribution in [2.24, 2.45) is 0 Å². The van der Waals surface area contributed by atoms with Gasteiger partial charge >= 0.3 is 5.97 Å². The summed E-state index contributed by atoms with van der Waals surface area (Å²) in [4.78, 5) is 24.4. The predicted octanol–water partition coefficient (Wildman–Crippen LogP) is 18.4. The Balaban J connectivity index is 3.43. The summed E-state index contributed by atoms with van der Waals surface area (Å²) < 4.78 is 5.48. The predicted molar refractivity (Wildman–Crippen MR) is 292 cm³/mol. The maximum absolute atomic E-state index is 12.4. The van der Waals surface area contributed by atoms with Crippen LogP contribution in [0.25, 0.3) is 0 Å². The van der Waals surface area contributed by atoms with E-state index in [0.29, 0.717) is 19.4 Å². The van der Waals surface area contributed by atoms with E-state index in [9.17, 15) is 19.8 Å². The molecule has 6 nitrogen and oxygen atoms in total. The lowest BCUT2D eigenvalue weighted by Crippen LogP contribution is -2.45. The average molecular weight is 943 g/mol. The monoisotopic (exact) mass is 942 g/mol. The Kier molecular flexibility index (Phi) is 55.0. The molecule has 0 aromatic carbocycles. The van der Waals surface area contributed by atoms with Gasteiger partial charge in [-0.15, -0.1) is 0 Å². The highest BCUT2D eigenvalue weighted by molar-refractivity contribution is 5.76. The summed E-state index contributed by atoms with van der Waals surface area (Å²) in [7, 11) is 0. The maximum atomic E-state index is 12.4. The highest BCUT2D eigenvalue weighted by atomic mass is 16.5. The number of amides is 1. The standard InChI is InChI=1S/C61H115NO5/c1-3-5-7-9-11-13-15-16-31-35-39-43-47-51-55-61(66)67-56-52-48-44-40-36-32-29-27-25-23-21-19-17-18-20-22-24-26-28-30-34-38-42-46-50-54-60(65)62-58(57-63)59(64)53-49-45-41-37-33-14-12-10-8-6-4-2/h18-21,49,53,58-59,63-64H,3-17,22-48,50-52,54-57H2,1-2H3,(H,62,65)/b20-18-,21-19-,53-49+. The van der Waals surface area contributed by atoms with E-state index < -0.39 is 12.1 Å². The third-order valence-corrected chi connectivity index (χ3v) is 13.7. The number of aliphatic hydroxyl groups is 2. The van der Waals surface area contributed by atoms with Crippen LogP contribution in [0.5, 0.6) is 0 Å². The molecule has 1 amide bonds. The van der Waals surface area contributed by atoms with Gasteiger partial charge in [-0.25, -0.2) is 0 Å². The topological polar surface area (TPSA) is 95.9 Å². The van der Waals surface area contributed by atoms with Crippen LogP contribution in [-0.4, -0.2) is 47.4 Å². The molecule has 0 heterocycles. The van der Waals surface area contributed by atoms with Crippen LogP contribution in [0.1, 0.15) is 316 Å². The van der Waals surface area contributed by atoms with Gasteiger partial charge in [0, 0.05) is 12.8 Å². The van der Waals surface area contributed by atoms with Crippen molar-refractivity contribution in [2.75, 3.05) is 13.2 Å². The molecule has 67 heavy (non-hydrogen) atoms. The molecule has 0 rings (SSSR count). The summed E-state index contributed by atoms with van der Waals surface area (Å²) in [6.45, 7) is 4.89. The lowest BCUT2D eigenvalue weighted by molar-refractivity contribution is -0.143.